The molecule has 35 heavy (non-hydrogen) atoms. The van der Waals surface area contributed by atoms with Crippen LogP contribution in [0, 0.1) is 0 Å². The molecule has 0 saturated carbocycles. The Labute approximate surface area is 206 Å². The number of hydrogen-bond acceptors (Lipinski definition) is 5. The second-order valence-electron chi connectivity index (χ2n) is 7.81. The van der Waals surface area contributed by atoms with Crippen LogP contribution in [0.5, 0.6) is 5.75 Å². The van der Waals surface area contributed by atoms with Crippen LogP contribution in [0.2, 0.25) is 0 Å². The third-order valence-electron chi connectivity index (χ3n) is 5.73. The maximum atomic E-state index is 12.9. The highest BCUT2D eigenvalue weighted by molar-refractivity contribution is 7.80. The summed E-state index contributed by atoms with van der Waals surface area (Å²) in [7, 11) is 1.45. The number of rotatable bonds is 4. The lowest BCUT2D eigenvalue weighted by Crippen LogP contribution is -2.34. The number of carbonyl (C=O) groups is 3. The molecule has 0 spiro atoms. The van der Waals surface area contributed by atoms with Gasteiger partial charge in [0.05, 0.1) is 23.9 Å². The Morgan fingerprint density at radius 1 is 0.857 bits per heavy atom. The van der Waals surface area contributed by atoms with E-state index in [1.54, 1.807) is 48.5 Å². The average Bonchev–Trinajstić information content (AvgIpc) is 3.13. The van der Waals surface area contributed by atoms with Gasteiger partial charge in [0.15, 0.2) is 5.11 Å². The molecule has 0 aromatic heterocycles. The highest BCUT2D eigenvalue weighted by Gasteiger charge is 2.37. The Bertz CT molecular complexity index is 1490. The maximum Gasteiger partial charge on any atom is 0.266 e. The van der Waals surface area contributed by atoms with Crippen LogP contribution in [-0.4, -0.2) is 29.9 Å². The third kappa shape index (κ3) is 4.00. The number of anilines is 2. The molecular weight excluding hydrogens is 462 g/mol. The molecule has 0 bridgehead atoms. The summed E-state index contributed by atoms with van der Waals surface area (Å²) in [6.45, 7) is 0. The number of benzene rings is 4. The van der Waals surface area contributed by atoms with E-state index >= 15 is 0 Å². The van der Waals surface area contributed by atoms with Gasteiger partial charge < -0.3 is 10.1 Å². The van der Waals surface area contributed by atoms with E-state index in [1.807, 2.05) is 36.4 Å². The molecule has 1 heterocycles. The van der Waals surface area contributed by atoms with Gasteiger partial charge >= 0.3 is 0 Å². The van der Waals surface area contributed by atoms with E-state index in [0.29, 0.717) is 33.8 Å². The first-order valence-corrected chi connectivity index (χ1v) is 11.1. The predicted molar refractivity (Wildman–Crippen MR) is 138 cm³/mol. The topological polar surface area (TPSA) is 87.7 Å². The molecule has 0 radical (unpaired) electrons. The largest absolute Gasteiger partial charge is 0.494 e. The van der Waals surface area contributed by atoms with E-state index < -0.39 is 11.8 Å². The lowest BCUT2D eigenvalue weighted by atomic mass is 10.0. The summed E-state index contributed by atoms with van der Waals surface area (Å²) in [5.41, 5.74) is 2.03. The van der Waals surface area contributed by atoms with Crippen molar-refractivity contribution in [2.75, 3.05) is 17.3 Å². The molecule has 0 saturated heterocycles. The molecule has 0 atom stereocenters. The Hall–Kier alpha value is -4.56. The normalized spacial score (nSPS) is 12.4. The van der Waals surface area contributed by atoms with Crippen molar-refractivity contribution in [3.8, 4) is 5.75 Å². The van der Waals surface area contributed by atoms with Crippen LogP contribution in [0.1, 0.15) is 31.1 Å². The van der Waals surface area contributed by atoms with Crippen LogP contribution >= 0.6 is 12.2 Å². The predicted octanol–water partition coefficient (Wildman–Crippen LogP) is 4.78. The molecule has 5 rings (SSSR count). The van der Waals surface area contributed by atoms with Gasteiger partial charge in [-0.05, 0) is 53.3 Å². The van der Waals surface area contributed by atoms with Crippen LogP contribution in [0.3, 0.4) is 0 Å². The van der Waals surface area contributed by atoms with Crippen LogP contribution in [0.4, 0.5) is 11.4 Å². The number of amides is 3. The molecular formula is C27H19N3O4S. The van der Waals surface area contributed by atoms with Crippen LogP contribution in [0.25, 0.3) is 10.8 Å². The van der Waals surface area contributed by atoms with Gasteiger partial charge in [0.2, 0.25) is 0 Å². The summed E-state index contributed by atoms with van der Waals surface area (Å²) >= 11 is 5.34. The number of imide groups is 1. The molecule has 4 aromatic carbocycles. The minimum atomic E-state index is -0.414. The molecule has 0 unspecified atom stereocenters. The van der Waals surface area contributed by atoms with Gasteiger partial charge in [-0.2, -0.15) is 0 Å². The maximum absolute atomic E-state index is 12.9. The standard InChI is InChI=1S/C27H19N3O4S/c1-34-23-15-17(13-14-22(23)30-25(32)20-10-4-5-11-21(20)26(30)33)28-27(35)29-24(31)19-12-6-8-16-7-2-3-9-18(16)19/h2-15H,1H3,(H2,28,29,31,35). The number of nitrogens with one attached hydrogen (secondary N) is 2. The summed E-state index contributed by atoms with van der Waals surface area (Å²) in [5.74, 6) is -0.869. The molecule has 1 aliphatic heterocycles. The first-order chi connectivity index (χ1) is 17.0. The van der Waals surface area contributed by atoms with Crippen LogP contribution in [0.15, 0.2) is 84.9 Å². The highest BCUT2D eigenvalue weighted by atomic mass is 32.1. The number of ether oxygens (including phenoxy) is 1. The summed E-state index contributed by atoms with van der Waals surface area (Å²) in [6.07, 6.45) is 0. The molecule has 2 N–H and O–H groups in total. The fourth-order valence-corrected chi connectivity index (χ4v) is 4.31. The van der Waals surface area contributed by atoms with E-state index in [1.165, 1.54) is 7.11 Å². The van der Waals surface area contributed by atoms with E-state index in [0.717, 1.165) is 15.7 Å². The van der Waals surface area contributed by atoms with E-state index in [4.69, 9.17) is 17.0 Å². The van der Waals surface area contributed by atoms with E-state index in [-0.39, 0.29) is 11.0 Å². The lowest BCUT2D eigenvalue weighted by molar-refractivity contribution is 0.0922. The smallest absolute Gasteiger partial charge is 0.266 e. The van der Waals surface area contributed by atoms with Gasteiger partial charge in [0.1, 0.15) is 5.75 Å². The Morgan fingerprint density at radius 3 is 2.23 bits per heavy atom. The van der Waals surface area contributed by atoms with Crippen molar-refractivity contribution in [3.63, 3.8) is 0 Å². The molecule has 0 fully saturated rings. The Kier molecular flexibility index (Phi) is 5.72. The SMILES string of the molecule is COc1cc(NC(=S)NC(=O)c2cccc3ccccc23)ccc1N1C(=O)c2ccccc2C1=O. The second kappa shape index (κ2) is 9.00. The first-order valence-electron chi connectivity index (χ1n) is 10.7. The van der Waals surface area contributed by atoms with Gasteiger partial charge in [-0.1, -0.05) is 48.5 Å². The number of hydrogen-bond donors (Lipinski definition) is 2. The first kappa shape index (κ1) is 22.2. The summed E-state index contributed by atoms with van der Waals surface area (Å²) in [4.78, 5) is 39.6. The van der Waals surface area contributed by atoms with Gasteiger partial charge in [-0.15, -0.1) is 0 Å². The van der Waals surface area contributed by atoms with Crippen molar-refractivity contribution in [2.24, 2.45) is 0 Å². The van der Waals surface area contributed by atoms with Gasteiger partial charge in [-0.3, -0.25) is 19.7 Å². The van der Waals surface area contributed by atoms with Gasteiger partial charge in [0, 0.05) is 17.3 Å². The summed E-state index contributed by atoms with van der Waals surface area (Å²) in [5, 5.41) is 7.51. The zero-order valence-electron chi connectivity index (χ0n) is 18.6. The number of methoxy groups -OCH3 is 1. The monoisotopic (exact) mass is 481 g/mol. The Balaban J connectivity index is 1.34. The molecule has 1 aliphatic rings. The lowest BCUT2D eigenvalue weighted by Gasteiger charge is -2.19. The number of nitrogens with zero attached hydrogens (tertiary/aromatic N) is 1. The quantitative estimate of drug-likeness (QED) is 0.322. The summed E-state index contributed by atoms with van der Waals surface area (Å²) in [6, 6.07) is 24.6. The van der Waals surface area contributed by atoms with Crippen molar-refractivity contribution < 1.29 is 19.1 Å². The van der Waals surface area contributed by atoms with Gasteiger partial charge in [-0.25, -0.2) is 4.90 Å². The third-order valence-corrected chi connectivity index (χ3v) is 5.94. The summed E-state index contributed by atoms with van der Waals surface area (Å²) < 4.78 is 5.46. The van der Waals surface area contributed by atoms with Crippen molar-refractivity contribution in [1.82, 2.24) is 5.32 Å². The molecule has 0 aliphatic carbocycles. The fraction of sp³-hybridized carbons (Fsp3) is 0.0370. The van der Waals surface area contributed by atoms with Gasteiger partial charge in [0.25, 0.3) is 17.7 Å². The van der Waals surface area contributed by atoms with Crippen molar-refractivity contribution in [1.29, 1.82) is 0 Å². The van der Waals surface area contributed by atoms with Crippen LogP contribution < -0.4 is 20.3 Å². The molecule has 172 valence electrons. The van der Waals surface area contributed by atoms with Crippen molar-refractivity contribution in [3.05, 3.63) is 102 Å². The molecule has 7 nitrogen and oxygen atoms in total. The number of carbonyl (C=O) groups excluding carboxylic acids is 3. The molecule has 8 heteroatoms. The Morgan fingerprint density at radius 2 is 1.51 bits per heavy atom. The molecule has 3 amide bonds. The highest BCUT2D eigenvalue weighted by Crippen LogP contribution is 2.36. The zero-order chi connectivity index (χ0) is 24.5. The number of fused-ring (bicyclic) bond motifs is 2. The fourth-order valence-electron chi connectivity index (χ4n) is 4.10. The minimum Gasteiger partial charge on any atom is -0.494 e. The van der Waals surface area contributed by atoms with E-state index in [2.05, 4.69) is 10.6 Å². The average molecular weight is 482 g/mol. The minimum absolute atomic E-state index is 0.0958. The van der Waals surface area contributed by atoms with E-state index in [9.17, 15) is 14.4 Å². The zero-order valence-corrected chi connectivity index (χ0v) is 19.4. The molecule has 4 aromatic rings. The van der Waals surface area contributed by atoms with Crippen LogP contribution in [-0.2, 0) is 0 Å². The number of thiocarbonyl (C=S) groups is 1. The van der Waals surface area contributed by atoms with Crippen molar-refractivity contribution in [2.45, 2.75) is 0 Å². The second-order valence-corrected chi connectivity index (χ2v) is 8.22. The van der Waals surface area contributed by atoms with Crippen molar-refractivity contribution >= 4 is 57.2 Å².